The molecule has 0 saturated heterocycles. The summed E-state index contributed by atoms with van der Waals surface area (Å²) in [5.41, 5.74) is 0. The summed E-state index contributed by atoms with van der Waals surface area (Å²) in [5.74, 6) is 0.692. The standard InChI is InChI=1S/C7H8O2.C3H4N2/c1-9-7-5-3-2-4-6(7)8;1-2-5-3-4-1/h2-5,8H,1H3;1-3H,(H,4,5). The summed E-state index contributed by atoms with van der Waals surface area (Å²) in [6, 6.07) is 6.84. The highest BCUT2D eigenvalue weighted by molar-refractivity contribution is 5.37. The maximum atomic E-state index is 8.99. The number of methoxy groups -OCH3 is 1. The molecule has 0 fully saturated rings. The van der Waals surface area contributed by atoms with Crippen molar-refractivity contribution in [3.63, 3.8) is 0 Å². The van der Waals surface area contributed by atoms with E-state index in [0.29, 0.717) is 5.75 Å². The van der Waals surface area contributed by atoms with E-state index >= 15 is 0 Å². The van der Waals surface area contributed by atoms with Gasteiger partial charge in [0.05, 0.1) is 13.4 Å². The largest absolute Gasteiger partial charge is 0.504 e. The van der Waals surface area contributed by atoms with Gasteiger partial charge < -0.3 is 14.8 Å². The summed E-state index contributed by atoms with van der Waals surface area (Å²) in [4.78, 5) is 6.42. The molecule has 74 valence electrons. The molecule has 0 atom stereocenters. The summed E-state index contributed by atoms with van der Waals surface area (Å²) in [7, 11) is 1.52. The van der Waals surface area contributed by atoms with Gasteiger partial charge in [0.15, 0.2) is 11.5 Å². The van der Waals surface area contributed by atoms with Crippen molar-refractivity contribution >= 4 is 0 Å². The summed E-state index contributed by atoms with van der Waals surface area (Å²) >= 11 is 0. The molecule has 1 heterocycles. The van der Waals surface area contributed by atoms with E-state index < -0.39 is 0 Å². The summed E-state index contributed by atoms with van der Waals surface area (Å²) in [6.07, 6.45) is 5.08. The van der Waals surface area contributed by atoms with Crippen LogP contribution < -0.4 is 4.74 Å². The van der Waals surface area contributed by atoms with Crippen LogP contribution in [0.25, 0.3) is 0 Å². The van der Waals surface area contributed by atoms with Crippen LogP contribution in [0.15, 0.2) is 43.0 Å². The Kier molecular flexibility index (Phi) is 4.07. The SMILES string of the molecule is COc1ccccc1O.c1c[nH]cn1. The molecule has 0 unspecified atom stereocenters. The van der Waals surface area contributed by atoms with Crippen molar-refractivity contribution in [3.05, 3.63) is 43.0 Å². The third kappa shape index (κ3) is 3.18. The lowest BCUT2D eigenvalue weighted by Crippen LogP contribution is -1.80. The van der Waals surface area contributed by atoms with Gasteiger partial charge in [0.1, 0.15) is 0 Å². The van der Waals surface area contributed by atoms with Gasteiger partial charge in [-0.05, 0) is 12.1 Å². The van der Waals surface area contributed by atoms with Gasteiger partial charge in [0, 0.05) is 12.4 Å². The Morgan fingerprint density at radius 2 is 2.14 bits per heavy atom. The van der Waals surface area contributed by atoms with Crippen LogP contribution in [0.5, 0.6) is 11.5 Å². The molecule has 0 spiro atoms. The predicted molar refractivity (Wildman–Crippen MR) is 53.2 cm³/mol. The Balaban J connectivity index is 0.000000165. The second kappa shape index (κ2) is 5.64. The van der Waals surface area contributed by atoms with Crippen LogP contribution in [0, 0.1) is 0 Å². The van der Waals surface area contributed by atoms with Crippen molar-refractivity contribution < 1.29 is 9.84 Å². The van der Waals surface area contributed by atoms with Crippen LogP contribution in [0.2, 0.25) is 0 Å². The third-order valence-corrected chi connectivity index (χ3v) is 1.49. The molecule has 0 bridgehead atoms. The predicted octanol–water partition coefficient (Wildman–Crippen LogP) is 1.81. The lowest BCUT2D eigenvalue weighted by molar-refractivity contribution is 0.373. The van der Waals surface area contributed by atoms with E-state index in [-0.39, 0.29) is 5.75 Å². The lowest BCUT2D eigenvalue weighted by Gasteiger charge is -1.99. The second-order valence-electron chi connectivity index (χ2n) is 2.43. The van der Waals surface area contributed by atoms with E-state index in [1.807, 2.05) is 0 Å². The van der Waals surface area contributed by atoms with Gasteiger partial charge in [-0.25, -0.2) is 4.98 Å². The number of benzene rings is 1. The highest BCUT2D eigenvalue weighted by Gasteiger charge is 1.94. The topological polar surface area (TPSA) is 58.1 Å². The smallest absolute Gasteiger partial charge is 0.160 e. The minimum Gasteiger partial charge on any atom is -0.504 e. The van der Waals surface area contributed by atoms with Gasteiger partial charge in [-0.3, -0.25) is 0 Å². The highest BCUT2D eigenvalue weighted by Crippen LogP contribution is 2.22. The Bertz CT molecular complexity index is 330. The van der Waals surface area contributed by atoms with Crippen molar-refractivity contribution in [2.45, 2.75) is 0 Å². The maximum Gasteiger partial charge on any atom is 0.160 e. The molecule has 0 aliphatic heterocycles. The van der Waals surface area contributed by atoms with Crippen molar-refractivity contribution in [3.8, 4) is 11.5 Å². The van der Waals surface area contributed by atoms with Crippen molar-refractivity contribution in [1.82, 2.24) is 9.97 Å². The zero-order valence-electron chi connectivity index (χ0n) is 7.84. The second-order valence-corrected chi connectivity index (χ2v) is 2.43. The van der Waals surface area contributed by atoms with Gasteiger partial charge >= 0.3 is 0 Å². The van der Waals surface area contributed by atoms with E-state index in [0.717, 1.165) is 0 Å². The molecule has 2 rings (SSSR count). The quantitative estimate of drug-likeness (QED) is 0.724. The van der Waals surface area contributed by atoms with Crippen molar-refractivity contribution in [2.75, 3.05) is 7.11 Å². The molecule has 0 amide bonds. The fourth-order valence-corrected chi connectivity index (χ4v) is 0.845. The van der Waals surface area contributed by atoms with Crippen molar-refractivity contribution in [2.24, 2.45) is 0 Å². The Labute approximate surface area is 82.2 Å². The molecule has 0 aliphatic carbocycles. The average molecular weight is 192 g/mol. The average Bonchev–Trinajstić information content (AvgIpc) is 2.76. The fraction of sp³-hybridized carbons (Fsp3) is 0.100. The minimum atomic E-state index is 0.181. The molecule has 4 nitrogen and oxygen atoms in total. The molecule has 14 heavy (non-hydrogen) atoms. The van der Waals surface area contributed by atoms with Crippen LogP contribution >= 0.6 is 0 Å². The first-order valence-corrected chi connectivity index (χ1v) is 4.09. The number of H-pyrrole nitrogens is 1. The molecule has 2 aromatic rings. The van der Waals surface area contributed by atoms with E-state index in [1.54, 1.807) is 43.0 Å². The van der Waals surface area contributed by atoms with Crippen LogP contribution in [0.3, 0.4) is 0 Å². The molecule has 0 aliphatic rings. The summed E-state index contributed by atoms with van der Waals surface area (Å²) in [5, 5.41) is 8.99. The molecule has 1 aromatic heterocycles. The van der Waals surface area contributed by atoms with Gasteiger partial charge in [0.2, 0.25) is 0 Å². The molecule has 1 aromatic carbocycles. The Morgan fingerprint density at radius 3 is 2.50 bits per heavy atom. The van der Waals surface area contributed by atoms with Crippen LogP contribution in [0.1, 0.15) is 0 Å². The van der Waals surface area contributed by atoms with E-state index in [1.165, 1.54) is 7.11 Å². The van der Waals surface area contributed by atoms with Gasteiger partial charge in [0.25, 0.3) is 0 Å². The number of rotatable bonds is 1. The fourth-order valence-electron chi connectivity index (χ4n) is 0.845. The number of phenols is 1. The first-order chi connectivity index (χ1) is 6.84. The van der Waals surface area contributed by atoms with E-state index in [2.05, 4.69) is 9.97 Å². The highest BCUT2D eigenvalue weighted by atomic mass is 16.5. The number of imidazole rings is 1. The monoisotopic (exact) mass is 192 g/mol. The number of hydrogen-bond donors (Lipinski definition) is 2. The molecule has 4 heteroatoms. The van der Waals surface area contributed by atoms with Crippen LogP contribution in [0.4, 0.5) is 0 Å². The number of phenolic OH excluding ortho intramolecular Hbond substituents is 1. The first-order valence-electron chi connectivity index (χ1n) is 4.09. The third-order valence-electron chi connectivity index (χ3n) is 1.49. The van der Waals surface area contributed by atoms with Crippen LogP contribution in [-0.4, -0.2) is 22.2 Å². The first kappa shape index (κ1) is 10.1. The summed E-state index contributed by atoms with van der Waals surface area (Å²) in [6.45, 7) is 0. The summed E-state index contributed by atoms with van der Waals surface area (Å²) < 4.78 is 4.79. The van der Waals surface area contributed by atoms with E-state index in [4.69, 9.17) is 9.84 Å². The zero-order chi connectivity index (χ0) is 10.2. The lowest BCUT2D eigenvalue weighted by atomic mass is 10.3. The number of nitrogens with zero attached hydrogens (tertiary/aromatic N) is 1. The molecule has 0 saturated carbocycles. The number of ether oxygens (including phenoxy) is 1. The minimum absolute atomic E-state index is 0.181. The zero-order valence-corrected chi connectivity index (χ0v) is 7.84. The molecule has 0 radical (unpaired) electrons. The van der Waals surface area contributed by atoms with Gasteiger partial charge in [-0.15, -0.1) is 0 Å². The number of aromatic hydroxyl groups is 1. The van der Waals surface area contributed by atoms with E-state index in [9.17, 15) is 0 Å². The molecular formula is C10H12N2O2. The number of aromatic amines is 1. The number of nitrogens with one attached hydrogen (secondary N) is 1. The van der Waals surface area contributed by atoms with Gasteiger partial charge in [-0.1, -0.05) is 12.1 Å². The molecule has 2 N–H and O–H groups in total. The van der Waals surface area contributed by atoms with Gasteiger partial charge in [-0.2, -0.15) is 0 Å². The number of para-hydroxylation sites is 2. The van der Waals surface area contributed by atoms with Crippen LogP contribution in [-0.2, 0) is 0 Å². The molecular weight excluding hydrogens is 180 g/mol. The normalized spacial score (nSPS) is 8.64. The van der Waals surface area contributed by atoms with Crippen molar-refractivity contribution in [1.29, 1.82) is 0 Å². The Hall–Kier alpha value is -1.97. The maximum absolute atomic E-state index is 8.99. The number of aromatic nitrogens is 2. The Morgan fingerprint density at radius 1 is 1.36 bits per heavy atom. The number of hydrogen-bond acceptors (Lipinski definition) is 3.